The largest absolute Gasteiger partial charge is 0.336 e. The molecule has 5 nitrogen and oxygen atoms in total. The third-order valence-electron chi connectivity index (χ3n) is 3.96. The van der Waals surface area contributed by atoms with Crippen LogP contribution in [0.1, 0.15) is 24.1 Å². The molecular formula is C15H22F2N4O. The van der Waals surface area contributed by atoms with Crippen molar-refractivity contribution < 1.29 is 13.6 Å². The van der Waals surface area contributed by atoms with Crippen molar-refractivity contribution in [3.05, 3.63) is 23.5 Å². The van der Waals surface area contributed by atoms with Crippen molar-refractivity contribution in [2.24, 2.45) is 0 Å². The zero-order chi connectivity index (χ0) is 16.1. The summed E-state index contributed by atoms with van der Waals surface area (Å²) in [6.45, 7) is 4.53. The van der Waals surface area contributed by atoms with Crippen molar-refractivity contribution in [2.45, 2.75) is 39.2 Å². The molecule has 2 rings (SSSR count). The second-order valence-corrected chi connectivity index (χ2v) is 5.61. The number of pyridine rings is 1. The van der Waals surface area contributed by atoms with Crippen LogP contribution < -0.4 is 10.6 Å². The molecule has 0 bridgehead atoms. The Balaban J connectivity index is 1.85. The summed E-state index contributed by atoms with van der Waals surface area (Å²) in [5, 5.41) is 5.55. The van der Waals surface area contributed by atoms with Gasteiger partial charge in [-0.15, -0.1) is 0 Å². The van der Waals surface area contributed by atoms with E-state index < -0.39 is 6.43 Å². The second-order valence-electron chi connectivity index (χ2n) is 5.61. The number of amides is 2. The molecular weight excluding hydrogens is 290 g/mol. The first-order chi connectivity index (χ1) is 10.5. The standard InChI is InChI=1S/C15H22F2N4O/c1-10-5-6-18-11(2)14(10)20-15(22)19-8-12-4-3-7-21(12)9-13(16)17/h5-6,12-13H,3-4,7-9H2,1-2H3,(H2,19,20,22). The van der Waals surface area contributed by atoms with Crippen LogP contribution in [-0.4, -0.2) is 48.0 Å². The fourth-order valence-corrected chi connectivity index (χ4v) is 2.80. The molecule has 7 heteroatoms. The Bertz CT molecular complexity index is 504. The van der Waals surface area contributed by atoms with Gasteiger partial charge >= 0.3 is 6.03 Å². The van der Waals surface area contributed by atoms with E-state index in [0.29, 0.717) is 18.8 Å². The predicted molar refractivity (Wildman–Crippen MR) is 81.3 cm³/mol. The molecule has 0 aromatic carbocycles. The van der Waals surface area contributed by atoms with Crippen LogP contribution in [0, 0.1) is 13.8 Å². The molecule has 1 aliphatic rings. The molecule has 0 aliphatic carbocycles. The highest BCUT2D eigenvalue weighted by Gasteiger charge is 2.27. The normalized spacial score (nSPS) is 18.7. The van der Waals surface area contributed by atoms with E-state index in [1.54, 1.807) is 11.1 Å². The lowest BCUT2D eigenvalue weighted by molar-refractivity contribution is 0.0826. The Hall–Kier alpha value is -1.76. The van der Waals surface area contributed by atoms with Crippen molar-refractivity contribution >= 4 is 11.7 Å². The van der Waals surface area contributed by atoms with Crippen LogP contribution in [0.15, 0.2) is 12.3 Å². The molecule has 22 heavy (non-hydrogen) atoms. The molecule has 1 fully saturated rings. The van der Waals surface area contributed by atoms with E-state index in [1.807, 2.05) is 19.9 Å². The molecule has 0 saturated carbocycles. The Labute approximate surface area is 129 Å². The SMILES string of the molecule is Cc1ccnc(C)c1NC(=O)NCC1CCCN1CC(F)F. The zero-order valence-electron chi connectivity index (χ0n) is 12.9. The predicted octanol–water partition coefficient (Wildman–Crippen LogP) is 2.55. The van der Waals surface area contributed by atoms with E-state index in [4.69, 9.17) is 0 Å². The van der Waals surface area contributed by atoms with Gasteiger partial charge < -0.3 is 10.6 Å². The highest BCUT2D eigenvalue weighted by Crippen LogP contribution is 2.19. The minimum absolute atomic E-state index is 0.0177. The fraction of sp³-hybridized carbons (Fsp3) is 0.600. The number of halogens is 2. The number of likely N-dealkylation sites (tertiary alicyclic amines) is 1. The molecule has 1 aliphatic heterocycles. The minimum atomic E-state index is -2.34. The van der Waals surface area contributed by atoms with Crippen molar-refractivity contribution in [2.75, 3.05) is 25.0 Å². The van der Waals surface area contributed by atoms with Crippen molar-refractivity contribution in [3.8, 4) is 0 Å². The number of hydrogen-bond acceptors (Lipinski definition) is 3. The maximum Gasteiger partial charge on any atom is 0.319 e. The van der Waals surface area contributed by atoms with Crippen LogP contribution in [-0.2, 0) is 0 Å². The molecule has 0 radical (unpaired) electrons. The van der Waals surface area contributed by atoms with Crippen molar-refractivity contribution in [1.82, 2.24) is 15.2 Å². The number of nitrogens with zero attached hydrogens (tertiary/aromatic N) is 2. The van der Waals surface area contributed by atoms with E-state index in [2.05, 4.69) is 15.6 Å². The lowest BCUT2D eigenvalue weighted by Crippen LogP contribution is -2.43. The summed E-state index contributed by atoms with van der Waals surface area (Å²) >= 11 is 0. The number of alkyl halides is 2. The van der Waals surface area contributed by atoms with Gasteiger partial charge in [-0.05, 0) is 44.9 Å². The van der Waals surface area contributed by atoms with Crippen LogP contribution in [0.2, 0.25) is 0 Å². The number of aryl methyl sites for hydroxylation is 2. The molecule has 1 atom stereocenters. The summed E-state index contributed by atoms with van der Waals surface area (Å²) in [7, 11) is 0. The Kier molecular flexibility index (Phi) is 5.65. The Morgan fingerprint density at radius 3 is 2.95 bits per heavy atom. The molecule has 122 valence electrons. The van der Waals surface area contributed by atoms with Crippen LogP contribution in [0.3, 0.4) is 0 Å². The first kappa shape index (κ1) is 16.6. The maximum atomic E-state index is 12.5. The summed E-state index contributed by atoms with van der Waals surface area (Å²) in [5.74, 6) is 0. The number of carbonyl (C=O) groups excluding carboxylic acids is 1. The van der Waals surface area contributed by atoms with Crippen LogP contribution in [0.5, 0.6) is 0 Å². The Morgan fingerprint density at radius 2 is 2.27 bits per heavy atom. The molecule has 0 spiro atoms. The van der Waals surface area contributed by atoms with Gasteiger partial charge in [-0.2, -0.15) is 0 Å². The van der Waals surface area contributed by atoms with E-state index in [0.717, 1.165) is 24.1 Å². The van der Waals surface area contributed by atoms with Gasteiger partial charge in [-0.3, -0.25) is 9.88 Å². The van der Waals surface area contributed by atoms with Gasteiger partial charge in [0.05, 0.1) is 17.9 Å². The van der Waals surface area contributed by atoms with Crippen LogP contribution in [0.25, 0.3) is 0 Å². The molecule has 2 amide bonds. The lowest BCUT2D eigenvalue weighted by Gasteiger charge is -2.24. The van der Waals surface area contributed by atoms with Crippen LogP contribution in [0.4, 0.5) is 19.3 Å². The summed E-state index contributed by atoms with van der Waals surface area (Å²) in [6, 6.07) is 1.48. The summed E-state index contributed by atoms with van der Waals surface area (Å²) in [4.78, 5) is 17.9. The van der Waals surface area contributed by atoms with E-state index in [9.17, 15) is 13.6 Å². The first-order valence-corrected chi connectivity index (χ1v) is 7.46. The third-order valence-corrected chi connectivity index (χ3v) is 3.96. The van der Waals surface area contributed by atoms with Gasteiger partial charge in [-0.25, -0.2) is 13.6 Å². The van der Waals surface area contributed by atoms with Gasteiger partial charge in [0.2, 0.25) is 0 Å². The van der Waals surface area contributed by atoms with Gasteiger partial charge in [0.1, 0.15) is 0 Å². The number of rotatable bonds is 5. The molecule has 1 aromatic heterocycles. The lowest BCUT2D eigenvalue weighted by atomic mass is 10.2. The van der Waals surface area contributed by atoms with Gasteiger partial charge in [0, 0.05) is 18.8 Å². The van der Waals surface area contributed by atoms with E-state index in [-0.39, 0.29) is 18.6 Å². The molecule has 1 saturated heterocycles. The third kappa shape index (κ3) is 4.37. The zero-order valence-corrected chi connectivity index (χ0v) is 12.9. The summed E-state index contributed by atoms with van der Waals surface area (Å²) in [6.07, 6.45) is 1.07. The van der Waals surface area contributed by atoms with Crippen LogP contribution >= 0.6 is 0 Å². The highest BCUT2D eigenvalue weighted by molar-refractivity contribution is 5.90. The minimum Gasteiger partial charge on any atom is -0.336 e. The van der Waals surface area contributed by atoms with Crippen molar-refractivity contribution in [1.29, 1.82) is 0 Å². The van der Waals surface area contributed by atoms with Gasteiger partial charge in [0.25, 0.3) is 6.43 Å². The number of carbonyl (C=O) groups is 1. The molecule has 2 N–H and O–H groups in total. The Morgan fingerprint density at radius 1 is 1.50 bits per heavy atom. The molecule has 1 unspecified atom stereocenters. The number of urea groups is 1. The maximum absolute atomic E-state index is 12.5. The second kappa shape index (κ2) is 7.49. The monoisotopic (exact) mass is 312 g/mol. The van der Waals surface area contributed by atoms with Gasteiger partial charge in [-0.1, -0.05) is 0 Å². The average Bonchev–Trinajstić information content (AvgIpc) is 2.87. The highest BCUT2D eigenvalue weighted by atomic mass is 19.3. The summed E-state index contributed by atoms with van der Waals surface area (Å²) < 4.78 is 25.0. The number of nitrogens with one attached hydrogen (secondary N) is 2. The summed E-state index contributed by atoms with van der Waals surface area (Å²) in [5.41, 5.74) is 2.37. The molecule has 1 aromatic rings. The quantitative estimate of drug-likeness (QED) is 0.878. The molecule has 2 heterocycles. The topological polar surface area (TPSA) is 57.3 Å². The number of aromatic nitrogens is 1. The van der Waals surface area contributed by atoms with Crippen molar-refractivity contribution in [3.63, 3.8) is 0 Å². The number of anilines is 1. The smallest absolute Gasteiger partial charge is 0.319 e. The number of hydrogen-bond donors (Lipinski definition) is 2. The van der Waals surface area contributed by atoms with E-state index in [1.165, 1.54) is 0 Å². The van der Waals surface area contributed by atoms with E-state index >= 15 is 0 Å². The van der Waals surface area contributed by atoms with Gasteiger partial charge in [0.15, 0.2) is 0 Å². The fourth-order valence-electron chi connectivity index (χ4n) is 2.80. The average molecular weight is 312 g/mol. The first-order valence-electron chi connectivity index (χ1n) is 7.46.